The van der Waals surface area contributed by atoms with Crippen molar-refractivity contribution < 1.29 is 4.79 Å². The van der Waals surface area contributed by atoms with E-state index >= 15 is 0 Å². The summed E-state index contributed by atoms with van der Waals surface area (Å²) in [5.41, 5.74) is 6.46. The van der Waals surface area contributed by atoms with E-state index in [1.54, 1.807) is 0 Å². The van der Waals surface area contributed by atoms with Gasteiger partial charge in [0.1, 0.15) is 5.15 Å². The number of halogens is 1. The average Bonchev–Trinajstić information content (AvgIpc) is 2.43. The minimum absolute atomic E-state index is 0.197. The number of pyridine rings is 1. The van der Waals surface area contributed by atoms with Crippen molar-refractivity contribution in [3.63, 3.8) is 0 Å². The van der Waals surface area contributed by atoms with Crippen molar-refractivity contribution in [3.05, 3.63) is 23.0 Å². The smallest absolute Gasteiger partial charge is 0.253 e. The van der Waals surface area contributed by atoms with Crippen LogP contribution in [0.3, 0.4) is 0 Å². The fourth-order valence-electron chi connectivity index (χ4n) is 2.35. The lowest BCUT2D eigenvalue weighted by molar-refractivity contribution is 0.0945. The molecule has 110 valence electrons. The Kier molecular flexibility index (Phi) is 5.20. The number of rotatable bonds is 4. The number of carbonyl (C=O) groups excluding carboxylic acids is 1. The molecule has 2 heterocycles. The predicted octanol–water partition coefficient (Wildman–Crippen LogP) is 1.78. The molecule has 1 saturated heterocycles. The van der Waals surface area contributed by atoms with Gasteiger partial charge in [0, 0.05) is 13.1 Å². The van der Waals surface area contributed by atoms with E-state index in [1.165, 1.54) is 25.1 Å². The summed E-state index contributed by atoms with van der Waals surface area (Å²) >= 11 is 5.78. The van der Waals surface area contributed by atoms with Gasteiger partial charge in [-0.15, -0.1) is 0 Å². The van der Waals surface area contributed by atoms with E-state index < -0.39 is 0 Å². The van der Waals surface area contributed by atoms with Gasteiger partial charge in [0.15, 0.2) is 0 Å². The monoisotopic (exact) mass is 296 g/mol. The van der Waals surface area contributed by atoms with E-state index in [-0.39, 0.29) is 11.1 Å². The van der Waals surface area contributed by atoms with Crippen molar-refractivity contribution >= 4 is 23.2 Å². The molecule has 6 heteroatoms. The van der Waals surface area contributed by atoms with Gasteiger partial charge in [0.25, 0.3) is 5.91 Å². The molecular formula is C14H21ClN4O. The standard InChI is InChI=1S/C14H21ClN4O/c1-10-2-5-19(6-3-10)7-4-17-14(20)11-8-13(15)18-9-12(11)16/h8-10H,2-7,16H2,1H3,(H,17,20). The zero-order valence-electron chi connectivity index (χ0n) is 11.7. The van der Waals surface area contributed by atoms with Crippen LogP contribution < -0.4 is 11.1 Å². The fraction of sp³-hybridized carbons (Fsp3) is 0.571. The summed E-state index contributed by atoms with van der Waals surface area (Å²) in [6, 6.07) is 1.49. The van der Waals surface area contributed by atoms with E-state index in [1.807, 2.05) is 0 Å². The van der Waals surface area contributed by atoms with Gasteiger partial charge >= 0.3 is 0 Å². The van der Waals surface area contributed by atoms with Crippen LogP contribution in [-0.2, 0) is 0 Å². The number of anilines is 1. The molecule has 0 aliphatic carbocycles. The van der Waals surface area contributed by atoms with Gasteiger partial charge in [0.2, 0.25) is 0 Å². The maximum Gasteiger partial charge on any atom is 0.253 e. The van der Waals surface area contributed by atoms with Crippen LogP contribution in [0, 0.1) is 5.92 Å². The van der Waals surface area contributed by atoms with Crippen molar-refractivity contribution in [2.45, 2.75) is 19.8 Å². The number of aromatic nitrogens is 1. The molecule has 5 nitrogen and oxygen atoms in total. The highest BCUT2D eigenvalue weighted by Gasteiger charge is 2.16. The second-order valence-electron chi connectivity index (χ2n) is 5.37. The number of carbonyl (C=O) groups is 1. The number of likely N-dealkylation sites (tertiary alicyclic amines) is 1. The third-order valence-electron chi connectivity index (χ3n) is 3.74. The Morgan fingerprint density at radius 3 is 2.95 bits per heavy atom. The van der Waals surface area contributed by atoms with Crippen LogP contribution >= 0.6 is 11.6 Å². The van der Waals surface area contributed by atoms with Crippen LogP contribution in [0.15, 0.2) is 12.3 Å². The average molecular weight is 297 g/mol. The number of nitrogens with zero attached hydrogens (tertiary/aromatic N) is 2. The molecule has 1 aromatic heterocycles. The van der Waals surface area contributed by atoms with Gasteiger partial charge in [-0.3, -0.25) is 4.79 Å². The SMILES string of the molecule is CC1CCN(CCNC(=O)c2cc(Cl)ncc2N)CC1. The molecule has 0 spiro atoms. The van der Waals surface area contributed by atoms with E-state index in [0.29, 0.717) is 17.8 Å². The summed E-state index contributed by atoms with van der Waals surface area (Å²) in [4.78, 5) is 18.2. The summed E-state index contributed by atoms with van der Waals surface area (Å²) in [7, 11) is 0. The molecule has 1 aromatic rings. The Morgan fingerprint density at radius 1 is 1.55 bits per heavy atom. The molecule has 1 aliphatic heterocycles. The Hall–Kier alpha value is -1.33. The predicted molar refractivity (Wildman–Crippen MR) is 80.8 cm³/mol. The number of hydrogen-bond acceptors (Lipinski definition) is 4. The number of nitrogens with one attached hydrogen (secondary N) is 1. The first kappa shape index (κ1) is 15.1. The van der Waals surface area contributed by atoms with Gasteiger partial charge in [-0.05, 0) is 37.9 Å². The lowest BCUT2D eigenvalue weighted by atomic mass is 9.99. The first-order chi connectivity index (χ1) is 9.56. The quantitative estimate of drug-likeness (QED) is 0.831. The second kappa shape index (κ2) is 6.90. The Bertz CT molecular complexity index is 472. The number of piperidine rings is 1. The van der Waals surface area contributed by atoms with Gasteiger partial charge < -0.3 is 16.0 Å². The maximum absolute atomic E-state index is 12.0. The number of hydrogen-bond donors (Lipinski definition) is 2. The molecule has 0 unspecified atom stereocenters. The molecule has 3 N–H and O–H groups in total. The highest BCUT2D eigenvalue weighted by molar-refractivity contribution is 6.29. The van der Waals surface area contributed by atoms with Gasteiger partial charge in [0.05, 0.1) is 17.4 Å². The number of amides is 1. The summed E-state index contributed by atoms with van der Waals surface area (Å²) in [6.07, 6.45) is 3.88. The van der Waals surface area contributed by atoms with Gasteiger partial charge in [-0.25, -0.2) is 4.98 Å². The van der Waals surface area contributed by atoms with Crippen LogP contribution in [0.5, 0.6) is 0 Å². The Labute approximate surface area is 124 Å². The number of nitrogens with two attached hydrogens (primary N) is 1. The zero-order chi connectivity index (χ0) is 14.5. The first-order valence-electron chi connectivity index (χ1n) is 6.98. The first-order valence-corrected chi connectivity index (χ1v) is 7.35. The van der Waals surface area contributed by atoms with E-state index in [0.717, 1.165) is 25.6 Å². The molecule has 1 aliphatic rings. The largest absolute Gasteiger partial charge is 0.397 e. The van der Waals surface area contributed by atoms with Crippen molar-refractivity contribution in [1.82, 2.24) is 15.2 Å². The lowest BCUT2D eigenvalue weighted by Gasteiger charge is -2.30. The van der Waals surface area contributed by atoms with E-state index in [2.05, 4.69) is 22.1 Å². The van der Waals surface area contributed by atoms with Crippen molar-refractivity contribution in [2.24, 2.45) is 5.92 Å². The fourth-order valence-corrected chi connectivity index (χ4v) is 2.50. The molecule has 0 bridgehead atoms. The van der Waals surface area contributed by atoms with Gasteiger partial charge in [-0.2, -0.15) is 0 Å². The van der Waals surface area contributed by atoms with Crippen molar-refractivity contribution in [3.8, 4) is 0 Å². The van der Waals surface area contributed by atoms with E-state index in [4.69, 9.17) is 17.3 Å². The summed E-state index contributed by atoms with van der Waals surface area (Å²) in [6.45, 7) is 6.00. The zero-order valence-corrected chi connectivity index (χ0v) is 12.5. The van der Waals surface area contributed by atoms with Crippen LogP contribution in [-0.4, -0.2) is 42.0 Å². The summed E-state index contributed by atoms with van der Waals surface area (Å²) in [5, 5.41) is 3.15. The molecule has 2 rings (SSSR count). The molecule has 0 aromatic carbocycles. The third kappa shape index (κ3) is 4.08. The topological polar surface area (TPSA) is 71.2 Å². The van der Waals surface area contributed by atoms with E-state index in [9.17, 15) is 4.79 Å². The Morgan fingerprint density at radius 2 is 2.25 bits per heavy atom. The Balaban J connectivity index is 1.79. The molecular weight excluding hydrogens is 276 g/mol. The highest BCUT2D eigenvalue weighted by atomic mass is 35.5. The van der Waals surface area contributed by atoms with Crippen molar-refractivity contribution in [2.75, 3.05) is 31.9 Å². The molecule has 0 radical (unpaired) electrons. The number of nitrogen functional groups attached to an aromatic ring is 1. The molecule has 1 fully saturated rings. The highest BCUT2D eigenvalue weighted by Crippen LogP contribution is 2.16. The molecule has 20 heavy (non-hydrogen) atoms. The van der Waals surface area contributed by atoms with Crippen molar-refractivity contribution in [1.29, 1.82) is 0 Å². The molecule has 0 saturated carbocycles. The minimum atomic E-state index is -0.197. The van der Waals surface area contributed by atoms with Crippen LogP contribution in [0.25, 0.3) is 0 Å². The van der Waals surface area contributed by atoms with Crippen LogP contribution in [0.1, 0.15) is 30.1 Å². The minimum Gasteiger partial charge on any atom is -0.397 e. The maximum atomic E-state index is 12.0. The summed E-state index contributed by atoms with van der Waals surface area (Å²) in [5.74, 6) is 0.622. The second-order valence-corrected chi connectivity index (χ2v) is 5.76. The lowest BCUT2D eigenvalue weighted by Crippen LogP contribution is -2.39. The van der Waals surface area contributed by atoms with Crippen LogP contribution in [0.4, 0.5) is 5.69 Å². The van der Waals surface area contributed by atoms with Crippen LogP contribution in [0.2, 0.25) is 5.15 Å². The molecule has 1 amide bonds. The third-order valence-corrected chi connectivity index (χ3v) is 3.94. The normalized spacial score (nSPS) is 17.1. The van der Waals surface area contributed by atoms with Gasteiger partial charge in [-0.1, -0.05) is 18.5 Å². The summed E-state index contributed by atoms with van der Waals surface area (Å²) < 4.78 is 0. The molecule has 0 atom stereocenters.